The molecule has 1 aromatic heterocycles. The Hall–Kier alpha value is -1.66. The number of hydrogen-bond acceptors (Lipinski definition) is 5. The van der Waals surface area contributed by atoms with E-state index in [0.29, 0.717) is 17.8 Å². The Bertz CT molecular complexity index is 599. The number of aliphatic hydroxyl groups excluding tert-OH is 1. The smallest absolute Gasteiger partial charge is 0.250 e. The highest BCUT2D eigenvalue weighted by Crippen LogP contribution is 2.34. The van der Waals surface area contributed by atoms with E-state index in [4.69, 9.17) is 5.73 Å². The fourth-order valence-electron chi connectivity index (χ4n) is 2.51. The van der Waals surface area contributed by atoms with Gasteiger partial charge in [-0.3, -0.25) is 4.79 Å². The molecule has 1 amide bonds. The lowest BCUT2D eigenvalue weighted by atomic mass is 10.1. The summed E-state index contributed by atoms with van der Waals surface area (Å²) in [5.41, 5.74) is 7.37. The number of nitrogens with zero attached hydrogens (tertiary/aromatic N) is 2. The molecule has 2 heterocycles. The largest absolute Gasteiger partial charge is 0.391 e. The summed E-state index contributed by atoms with van der Waals surface area (Å²) in [5.74, 6) is 0.474. The quantitative estimate of drug-likeness (QED) is 0.845. The van der Waals surface area contributed by atoms with Crippen LogP contribution in [0.1, 0.15) is 42.9 Å². The standard InChI is InChI=1S/C16H23N3O2S/c1-3-5-19(6-4-2)16(21)11-7-14-13(18-15(17)8-11)9-12(10-20)22-14/h7,9,20H,3-6,8,10H2,1-2H3,(H2,17,18). The Kier molecular flexibility index (Phi) is 5.74. The van der Waals surface area contributed by atoms with Gasteiger partial charge in [0.05, 0.1) is 17.2 Å². The number of carbonyl (C=O) groups is 1. The van der Waals surface area contributed by atoms with Crippen LogP contribution in [0.25, 0.3) is 6.08 Å². The molecule has 22 heavy (non-hydrogen) atoms. The third-order valence-corrected chi connectivity index (χ3v) is 4.49. The van der Waals surface area contributed by atoms with Crippen LogP contribution in [0.4, 0.5) is 5.69 Å². The zero-order chi connectivity index (χ0) is 16.1. The molecule has 0 aromatic carbocycles. The monoisotopic (exact) mass is 321 g/mol. The van der Waals surface area contributed by atoms with Gasteiger partial charge in [-0.15, -0.1) is 11.3 Å². The van der Waals surface area contributed by atoms with E-state index >= 15 is 0 Å². The molecule has 3 N–H and O–H groups in total. The first-order valence-corrected chi connectivity index (χ1v) is 8.47. The van der Waals surface area contributed by atoms with Gasteiger partial charge in [-0.1, -0.05) is 13.8 Å². The van der Waals surface area contributed by atoms with Crippen molar-refractivity contribution in [3.8, 4) is 0 Å². The molecule has 2 rings (SSSR count). The number of nitrogens with two attached hydrogens (primary N) is 1. The predicted molar refractivity (Wildman–Crippen MR) is 91.3 cm³/mol. The third kappa shape index (κ3) is 3.75. The maximum atomic E-state index is 12.8. The van der Waals surface area contributed by atoms with Crippen molar-refractivity contribution in [2.75, 3.05) is 13.1 Å². The Morgan fingerprint density at radius 3 is 2.68 bits per heavy atom. The maximum absolute atomic E-state index is 12.8. The van der Waals surface area contributed by atoms with Crippen LogP contribution in [0.3, 0.4) is 0 Å². The summed E-state index contributed by atoms with van der Waals surface area (Å²) in [6.45, 7) is 5.61. The molecule has 5 nitrogen and oxygen atoms in total. The van der Waals surface area contributed by atoms with Gasteiger partial charge >= 0.3 is 0 Å². The topological polar surface area (TPSA) is 78.9 Å². The lowest BCUT2D eigenvalue weighted by Gasteiger charge is -2.22. The van der Waals surface area contributed by atoms with Gasteiger partial charge < -0.3 is 15.7 Å². The maximum Gasteiger partial charge on any atom is 0.250 e. The van der Waals surface area contributed by atoms with Gasteiger partial charge in [0.25, 0.3) is 0 Å². The molecule has 1 aliphatic heterocycles. The number of aliphatic imine (C=N–C) groups is 1. The highest BCUT2D eigenvalue weighted by molar-refractivity contribution is 7.13. The third-order valence-electron chi connectivity index (χ3n) is 3.44. The first kappa shape index (κ1) is 16.7. The zero-order valence-electron chi connectivity index (χ0n) is 13.1. The highest BCUT2D eigenvalue weighted by Gasteiger charge is 2.21. The molecular formula is C16H23N3O2S. The number of hydrogen-bond donors (Lipinski definition) is 2. The number of carbonyl (C=O) groups excluding carboxylic acids is 1. The number of aliphatic hydroxyl groups is 1. The van der Waals surface area contributed by atoms with E-state index in [9.17, 15) is 9.90 Å². The number of amides is 1. The second-order valence-corrected chi connectivity index (χ2v) is 6.53. The van der Waals surface area contributed by atoms with E-state index in [-0.39, 0.29) is 12.5 Å². The van der Waals surface area contributed by atoms with Crippen molar-refractivity contribution in [1.82, 2.24) is 4.90 Å². The summed E-state index contributed by atoms with van der Waals surface area (Å²) in [6.07, 6.45) is 4.12. The summed E-state index contributed by atoms with van der Waals surface area (Å²) >= 11 is 1.45. The highest BCUT2D eigenvalue weighted by atomic mass is 32.1. The van der Waals surface area contributed by atoms with Crippen LogP contribution in [0.5, 0.6) is 0 Å². The summed E-state index contributed by atoms with van der Waals surface area (Å²) < 4.78 is 0. The molecule has 0 bridgehead atoms. The second-order valence-electron chi connectivity index (χ2n) is 5.36. The molecule has 120 valence electrons. The Labute approximate surface area is 135 Å². The van der Waals surface area contributed by atoms with E-state index in [1.807, 2.05) is 17.0 Å². The second kappa shape index (κ2) is 7.56. The number of amidine groups is 1. The Balaban J connectivity index is 2.33. The summed E-state index contributed by atoms with van der Waals surface area (Å²) in [6, 6.07) is 1.83. The number of rotatable bonds is 6. The van der Waals surface area contributed by atoms with Crippen LogP contribution < -0.4 is 5.73 Å². The van der Waals surface area contributed by atoms with Crippen LogP contribution in [0.2, 0.25) is 0 Å². The molecule has 0 spiro atoms. The molecule has 0 saturated heterocycles. The molecule has 1 aliphatic rings. The molecule has 1 aromatic rings. The average Bonchev–Trinajstić information content (AvgIpc) is 2.80. The normalized spacial score (nSPS) is 14.0. The minimum Gasteiger partial charge on any atom is -0.391 e. The van der Waals surface area contributed by atoms with Crippen molar-refractivity contribution in [3.63, 3.8) is 0 Å². The van der Waals surface area contributed by atoms with Gasteiger partial charge in [0.15, 0.2) is 0 Å². The molecule has 0 saturated carbocycles. The average molecular weight is 321 g/mol. The van der Waals surface area contributed by atoms with Gasteiger partial charge in [0.1, 0.15) is 5.84 Å². The Morgan fingerprint density at radius 1 is 1.41 bits per heavy atom. The van der Waals surface area contributed by atoms with Crippen molar-refractivity contribution in [1.29, 1.82) is 0 Å². The summed E-state index contributed by atoms with van der Waals surface area (Å²) in [4.78, 5) is 20.7. The number of fused-ring (bicyclic) bond motifs is 1. The first-order chi connectivity index (χ1) is 10.6. The van der Waals surface area contributed by atoms with E-state index < -0.39 is 0 Å². The lowest BCUT2D eigenvalue weighted by molar-refractivity contribution is -0.127. The van der Waals surface area contributed by atoms with Crippen LogP contribution in [-0.4, -0.2) is 34.8 Å². The van der Waals surface area contributed by atoms with Gasteiger partial charge in [-0.05, 0) is 25.0 Å². The minimum absolute atomic E-state index is 0.0258. The van der Waals surface area contributed by atoms with Crippen LogP contribution in [-0.2, 0) is 11.4 Å². The van der Waals surface area contributed by atoms with E-state index in [1.165, 1.54) is 11.3 Å². The number of thiophene rings is 1. The Morgan fingerprint density at radius 2 is 2.09 bits per heavy atom. The molecule has 6 heteroatoms. The van der Waals surface area contributed by atoms with Gasteiger partial charge in [-0.2, -0.15) is 0 Å². The summed E-state index contributed by atoms with van der Waals surface area (Å²) in [5, 5.41) is 9.26. The van der Waals surface area contributed by atoms with Gasteiger partial charge in [0.2, 0.25) is 5.91 Å². The molecule has 0 radical (unpaired) electrons. The first-order valence-electron chi connectivity index (χ1n) is 7.65. The fourth-order valence-corrected chi connectivity index (χ4v) is 3.44. The molecule has 0 aliphatic carbocycles. The van der Waals surface area contributed by atoms with E-state index in [1.54, 1.807) is 0 Å². The van der Waals surface area contributed by atoms with Crippen molar-refractivity contribution in [2.45, 2.75) is 39.7 Å². The zero-order valence-corrected chi connectivity index (χ0v) is 13.9. The minimum atomic E-state index is -0.0258. The van der Waals surface area contributed by atoms with Crippen molar-refractivity contribution >= 4 is 34.8 Å². The van der Waals surface area contributed by atoms with Crippen LogP contribution in [0.15, 0.2) is 16.6 Å². The van der Waals surface area contributed by atoms with Gasteiger partial charge in [-0.25, -0.2) is 4.99 Å². The van der Waals surface area contributed by atoms with E-state index in [2.05, 4.69) is 18.8 Å². The summed E-state index contributed by atoms with van der Waals surface area (Å²) in [7, 11) is 0. The molecule has 0 atom stereocenters. The molecular weight excluding hydrogens is 298 g/mol. The van der Waals surface area contributed by atoms with Crippen molar-refractivity contribution < 1.29 is 9.90 Å². The van der Waals surface area contributed by atoms with Crippen molar-refractivity contribution in [3.05, 3.63) is 21.4 Å². The lowest BCUT2D eigenvalue weighted by Crippen LogP contribution is -2.34. The van der Waals surface area contributed by atoms with Gasteiger partial charge in [0, 0.05) is 30.0 Å². The fraction of sp³-hybridized carbons (Fsp3) is 0.500. The molecule has 0 fully saturated rings. The van der Waals surface area contributed by atoms with Crippen molar-refractivity contribution in [2.24, 2.45) is 10.7 Å². The molecule has 0 unspecified atom stereocenters. The van der Waals surface area contributed by atoms with E-state index in [0.717, 1.165) is 41.4 Å². The van der Waals surface area contributed by atoms with Crippen LogP contribution >= 0.6 is 11.3 Å². The predicted octanol–water partition coefficient (Wildman–Crippen LogP) is 2.66. The van der Waals surface area contributed by atoms with Crippen LogP contribution in [0, 0.1) is 0 Å². The SMILES string of the molecule is CCCN(CCC)C(=O)C1=Cc2sc(CO)cc2N=C(N)C1.